The smallest absolute Gasteiger partial charge is 0.0595 e. The molecule has 98 valence electrons. The molecular formula is C15H19Cl2N. The lowest BCUT2D eigenvalue weighted by Gasteiger charge is -2.30. The van der Waals surface area contributed by atoms with Crippen molar-refractivity contribution in [3.8, 4) is 0 Å². The third-order valence-electron chi connectivity index (χ3n) is 3.61. The molecule has 1 aromatic rings. The van der Waals surface area contributed by atoms with Crippen LogP contribution in [0, 0.1) is 0 Å². The largest absolute Gasteiger partial charge is 0.316 e. The van der Waals surface area contributed by atoms with Gasteiger partial charge in [0.1, 0.15) is 0 Å². The number of allylic oxidation sites excluding steroid dienone is 2. The number of hydrogen-bond donors (Lipinski definition) is 1. The molecule has 1 N–H and O–H groups in total. The molecule has 0 bridgehead atoms. The van der Waals surface area contributed by atoms with Crippen molar-refractivity contribution in [3.63, 3.8) is 0 Å². The lowest BCUT2D eigenvalue weighted by atomic mass is 9.78. The van der Waals surface area contributed by atoms with Crippen LogP contribution in [0.15, 0.2) is 30.4 Å². The SMILES string of the molecule is CCCNCC1(c2ccc(Cl)c(Cl)c2)CC=CC1. The third-order valence-corrected chi connectivity index (χ3v) is 4.35. The highest BCUT2D eigenvalue weighted by Gasteiger charge is 2.32. The highest BCUT2D eigenvalue weighted by molar-refractivity contribution is 6.42. The molecule has 1 aliphatic carbocycles. The van der Waals surface area contributed by atoms with Gasteiger partial charge in [0.25, 0.3) is 0 Å². The molecular weight excluding hydrogens is 265 g/mol. The highest BCUT2D eigenvalue weighted by atomic mass is 35.5. The van der Waals surface area contributed by atoms with Crippen molar-refractivity contribution in [3.05, 3.63) is 46.0 Å². The van der Waals surface area contributed by atoms with E-state index in [1.54, 1.807) is 0 Å². The minimum atomic E-state index is 0.156. The molecule has 1 aromatic carbocycles. The van der Waals surface area contributed by atoms with Crippen LogP contribution in [0.2, 0.25) is 10.0 Å². The standard InChI is InChI=1S/C15H19Cl2N/c1-2-9-18-11-15(7-3-4-8-15)12-5-6-13(16)14(17)10-12/h3-6,10,18H,2,7-9,11H2,1H3. The summed E-state index contributed by atoms with van der Waals surface area (Å²) in [4.78, 5) is 0. The fourth-order valence-corrected chi connectivity index (χ4v) is 2.81. The Balaban J connectivity index is 2.20. The maximum absolute atomic E-state index is 6.14. The summed E-state index contributed by atoms with van der Waals surface area (Å²) in [7, 11) is 0. The fourth-order valence-electron chi connectivity index (χ4n) is 2.51. The van der Waals surface area contributed by atoms with E-state index in [1.807, 2.05) is 12.1 Å². The van der Waals surface area contributed by atoms with Gasteiger partial charge in [0.05, 0.1) is 10.0 Å². The summed E-state index contributed by atoms with van der Waals surface area (Å²) in [6.07, 6.45) is 7.82. The van der Waals surface area contributed by atoms with Crippen molar-refractivity contribution < 1.29 is 0 Å². The van der Waals surface area contributed by atoms with Crippen LogP contribution in [0.1, 0.15) is 31.7 Å². The quantitative estimate of drug-likeness (QED) is 0.616. The Kier molecular flexibility index (Phi) is 4.71. The Morgan fingerprint density at radius 1 is 1.17 bits per heavy atom. The molecule has 1 aliphatic rings. The zero-order valence-electron chi connectivity index (χ0n) is 10.7. The van der Waals surface area contributed by atoms with E-state index in [0.29, 0.717) is 10.0 Å². The van der Waals surface area contributed by atoms with Crippen LogP contribution in [0.3, 0.4) is 0 Å². The highest BCUT2D eigenvalue weighted by Crippen LogP contribution is 2.38. The minimum absolute atomic E-state index is 0.156. The molecule has 1 nitrogen and oxygen atoms in total. The first kappa shape index (κ1) is 13.9. The molecule has 2 rings (SSSR count). The van der Waals surface area contributed by atoms with Crippen LogP contribution in [-0.4, -0.2) is 13.1 Å². The second kappa shape index (κ2) is 6.10. The summed E-state index contributed by atoms with van der Waals surface area (Å²) >= 11 is 12.1. The summed E-state index contributed by atoms with van der Waals surface area (Å²) in [6, 6.07) is 6.03. The van der Waals surface area contributed by atoms with Crippen molar-refractivity contribution >= 4 is 23.2 Å². The topological polar surface area (TPSA) is 12.0 Å². The van der Waals surface area contributed by atoms with Crippen molar-refractivity contribution in [1.82, 2.24) is 5.32 Å². The molecule has 18 heavy (non-hydrogen) atoms. The zero-order chi connectivity index (χ0) is 13.0. The molecule has 0 unspecified atom stereocenters. The first-order chi connectivity index (χ1) is 8.68. The first-order valence-electron chi connectivity index (χ1n) is 6.49. The van der Waals surface area contributed by atoms with Gasteiger partial charge in [-0.1, -0.05) is 48.3 Å². The maximum atomic E-state index is 6.14. The molecule has 0 spiro atoms. The van der Waals surface area contributed by atoms with Gasteiger partial charge in [0.15, 0.2) is 0 Å². The van der Waals surface area contributed by atoms with E-state index < -0.39 is 0 Å². The van der Waals surface area contributed by atoms with Gasteiger partial charge in [-0.3, -0.25) is 0 Å². The van der Waals surface area contributed by atoms with Crippen molar-refractivity contribution in [2.75, 3.05) is 13.1 Å². The average Bonchev–Trinajstić information content (AvgIpc) is 2.83. The lowest BCUT2D eigenvalue weighted by Crippen LogP contribution is -2.36. The Bertz CT molecular complexity index is 432. The van der Waals surface area contributed by atoms with Gasteiger partial charge in [0.2, 0.25) is 0 Å². The van der Waals surface area contributed by atoms with Crippen molar-refractivity contribution in [2.24, 2.45) is 0 Å². The van der Waals surface area contributed by atoms with Crippen LogP contribution >= 0.6 is 23.2 Å². The predicted octanol–water partition coefficient (Wildman–Crippen LogP) is 4.58. The van der Waals surface area contributed by atoms with Gasteiger partial charge in [-0.2, -0.15) is 0 Å². The van der Waals surface area contributed by atoms with Gasteiger partial charge in [-0.05, 0) is 43.5 Å². The fraction of sp³-hybridized carbons (Fsp3) is 0.467. The van der Waals surface area contributed by atoms with E-state index >= 15 is 0 Å². The Labute approximate surface area is 119 Å². The number of nitrogens with one attached hydrogen (secondary N) is 1. The van der Waals surface area contributed by atoms with Crippen molar-refractivity contribution in [2.45, 2.75) is 31.6 Å². The first-order valence-corrected chi connectivity index (χ1v) is 7.25. The zero-order valence-corrected chi connectivity index (χ0v) is 12.2. The number of benzene rings is 1. The monoisotopic (exact) mass is 283 g/mol. The average molecular weight is 284 g/mol. The van der Waals surface area contributed by atoms with Gasteiger partial charge < -0.3 is 5.32 Å². The molecule has 0 heterocycles. The Hall–Kier alpha value is -0.500. The molecule has 0 fully saturated rings. The maximum Gasteiger partial charge on any atom is 0.0595 e. The van der Waals surface area contributed by atoms with Gasteiger partial charge in [-0.15, -0.1) is 0 Å². The summed E-state index contributed by atoms with van der Waals surface area (Å²) < 4.78 is 0. The molecule has 0 amide bonds. The van der Waals surface area contributed by atoms with Crippen molar-refractivity contribution in [1.29, 1.82) is 0 Å². The van der Waals surface area contributed by atoms with E-state index in [9.17, 15) is 0 Å². The Morgan fingerprint density at radius 2 is 1.89 bits per heavy atom. The second-order valence-electron chi connectivity index (χ2n) is 4.97. The van der Waals surface area contributed by atoms with Crippen LogP contribution < -0.4 is 5.32 Å². The van der Waals surface area contributed by atoms with Gasteiger partial charge in [0, 0.05) is 12.0 Å². The second-order valence-corrected chi connectivity index (χ2v) is 5.78. The van der Waals surface area contributed by atoms with E-state index in [4.69, 9.17) is 23.2 Å². The summed E-state index contributed by atoms with van der Waals surface area (Å²) in [5.41, 5.74) is 1.44. The third kappa shape index (κ3) is 2.90. The molecule has 3 heteroatoms. The normalized spacial score (nSPS) is 17.3. The van der Waals surface area contributed by atoms with Gasteiger partial charge >= 0.3 is 0 Å². The molecule has 0 radical (unpaired) electrons. The van der Waals surface area contributed by atoms with Crippen LogP contribution in [0.5, 0.6) is 0 Å². The molecule has 0 saturated heterocycles. The molecule has 0 atom stereocenters. The predicted molar refractivity (Wildman–Crippen MR) is 79.7 cm³/mol. The number of halogens is 2. The molecule has 0 saturated carbocycles. The Morgan fingerprint density at radius 3 is 2.50 bits per heavy atom. The number of rotatable bonds is 5. The molecule has 0 aliphatic heterocycles. The van der Waals surface area contributed by atoms with Crippen LogP contribution in [-0.2, 0) is 5.41 Å². The van der Waals surface area contributed by atoms with Crippen LogP contribution in [0.4, 0.5) is 0 Å². The van der Waals surface area contributed by atoms with Gasteiger partial charge in [-0.25, -0.2) is 0 Å². The van der Waals surface area contributed by atoms with E-state index in [1.165, 1.54) is 5.56 Å². The van der Waals surface area contributed by atoms with E-state index in [2.05, 4.69) is 30.5 Å². The summed E-state index contributed by atoms with van der Waals surface area (Å²) in [6.45, 7) is 4.24. The minimum Gasteiger partial charge on any atom is -0.316 e. The summed E-state index contributed by atoms with van der Waals surface area (Å²) in [5.74, 6) is 0. The molecule has 0 aromatic heterocycles. The summed E-state index contributed by atoms with van der Waals surface area (Å²) in [5, 5.41) is 4.81. The van der Waals surface area contributed by atoms with E-state index in [0.717, 1.165) is 32.4 Å². The number of hydrogen-bond acceptors (Lipinski definition) is 1. The van der Waals surface area contributed by atoms with E-state index in [-0.39, 0.29) is 5.41 Å². The van der Waals surface area contributed by atoms with Crippen LogP contribution in [0.25, 0.3) is 0 Å². The lowest BCUT2D eigenvalue weighted by molar-refractivity contribution is 0.419.